The van der Waals surface area contributed by atoms with Gasteiger partial charge in [0.15, 0.2) is 6.29 Å². The Morgan fingerprint density at radius 2 is 2.30 bits per heavy atom. The highest BCUT2D eigenvalue weighted by Crippen LogP contribution is 1.93. The average Bonchev–Trinajstić information content (AvgIpc) is 2.33. The van der Waals surface area contributed by atoms with Gasteiger partial charge in [0, 0.05) is 0 Å². The van der Waals surface area contributed by atoms with Crippen LogP contribution in [0.2, 0.25) is 0 Å². The molecular weight excluding hydrogens is 135 g/mol. The fourth-order valence-electron chi connectivity index (χ4n) is 0.638. The molecule has 4 nitrogen and oxygen atoms in total. The maximum atomic E-state index is 10.1. The summed E-state index contributed by atoms with van der Waals surface area (Å²) in [7, 11) is -1.71. The standard InChI is InChI=1S/C5H5BO4/c7-3-4-1-2-10-5(4)6(8)9/h1-3,8-9H. The minimum atomic E-state index is -1.71. The van der Waals surface area contributed by atoms with Crippen LogP contribution in [-0.2, 0) is 0 Å². The van der Waals surface area contributed by atoms with Gasteiger partial charge in [-0.2, -0.15) is 0 Å². The Hall–Kier alpha value is -1.07. The Morgan fingerprint density at radius 3 is 2.70 bits per heavy atom. The molecule has 0 spiro atoms. The van der Waals surface area contributed by atoms with Gasteiger partial charge in [-0.1, -0.05) is 0 Å². The SMILES string of the molecule is O=Cc1ccoc1B(O)O. The number of hydrogen-bond acceptors (Lipinski definition) is 4. The molecule has 52 valence electrons. The molecule has 1 heterocycles. The van der Waals surface area contributed by atoms with Crippen LogP contribution in [0.4, 0.5) is 0 Å². The highest BCUT2D eigenvalue weighted by molar-refractivity contribution is 6.58. The molecule has 0 saturated heterocycles. The molecule has 0 unspecified atom stereocenters. The number of furan rings is 1. The zero-order chi connectivity index (χ0) is 7.56. The van der Waals surface area contributed by atoms with E-state index in [9.17, 15) is 4.79 Å². The van der Waals surface area contributed by atoms with Gasteiger partial charge in [0.25, 0.3) is 0 Å². The summed E-state index contributed by atoms with van der Waals surface area (Å²) >= 11 is 0. The van der Waals surface area contributed by atoms with Crippen LogP contribution in [0.15, 0.2) is 16.7 Å². The quantitative estimate of drug-likeness (QED) is 0.398. The zero-order valence-corrected chi connectivity index (χ0v) is 5.02. The molecule has 0 aliphatic carbocycles. The van der Waals surface area contributed by atoms with Crippen LogP contribution in [0.5, 0.6) is 0 Å². The molecule has 0 amide bonds. The van der Waals surface area contributed by atoms with Gasteiger partial charge in [-0.3, -0.25) is 4.79 Å². The summed E-state index contributed by atoms with van der Waals surface area (Å²) in [5.74, 6) is 0. The molecule has 0 bridgehead atoms. The molecule has 0 aliphatic rings. The first-order valence-electron chi connectivity index (χ1n) is 2.64. The predicted octanol–water partition coefficient (Wildman–Crippen LogP) is -1.23. The van der Waals surface area contributed by atoms with Crippen molar-refractivity contribution < 1.29 is 19.3 Å². The maximum Gasteiger partial charge on any atom is 0.527 e. The minimum Gasteiger partial charge on any atom is -0.472 e. The van der Waals surface area contributed by atoms with E-state index in [-0.39, 0.29) is 11.2 Å². The molecule has 1 rings (SSSR count). The number of carbonyl (C=O) groups excluding carboxylic acids is 1. The molecule has 1 aromatic rings. The Kier molecular flexibility index (Phi) is 1.89. The molecule has 0 aromatic carbocycles. The molecule has 2 N–H and O–H groups in total. The molecule has 0 saturated carbocycles. The highest BCUT2D eigenvalue weighted by Gasteiger charge is 2.19. The summed E-state index contributed by atoms with van der Waals surface area (Å²) in [6.45, 7) is 0. The first kappa shape index (κ1) is 7.05. The molecule has 0 fully saturated rings. The summed E-state index contributed by atoms with van der Waals surface area (Å²) in [6.07, 6.45) is 1.72. The number of carbonyl (C=O) groups is 1. The van der Waals surface area contributed by atoms with Crippen molar-refractivity contribution in [3.8, 4) is 0 Å². The van der Waals surface area contributed by atoms with Crippen molar-refractivity contribution in [1.29, 1.82) is 0 Å². The summed E-state index contributed by atoms with van der Waals surface area (Å²) in [5.41, 5.74) is 0.0463. The number of aldehydes is 1. The van der Waals surface area contributed by atoms with E-state index in [4.69, 9.17) is 10.0 Å². The molecule has 0 atom stereocenters. The maximum absolute atomic E-state index is 10.1. The number of hydrogen-bond donors (Lipinski definition) is 2. The van der Waals surface area contributed by atoms with Crippen molar-refractivity contribution in [3.05, 3.63) is 17.9 Å². The topological polar surface area (TPSA) is 70.7 Å². The third kappa shape index (κ3) is 1.10. The second-order valence-corrected chi connectivity index (χ2v) is 1.73. The van der Waals surface area contributed by atoms with Crippen LogP contribution in [0, 0.1) is 0 Å². The fraction of sp³-hybridized carbons (Fsp3) is 0. The van der Waals surface area contributed by atoms with Crippen LogP contribution in [0.25, 0.3) is 0 Å². The lowest BCUT2D eigenvalue weighted by Crippen LogP contribution is -2.31. The third-order valence-corrected chi connectivity index (χ3v) is 1.09. The normalized spacial score (nSPS) is 9.40. The summed E-state index contributed by atoms with van der Waals surface area (Å²) in [6, 6.07) is 1.36. The van der Waals surface area contributed by atoms with E-state index < -0.39 is 7.12 Å². The van der Waals surface area contributed by atoms with Gasteiger partial charge in [0.2, 0.25) is 0 Å². The molecular formula is C5H5BO4. The van der Waals surface area contributed by atoms with Crippen molar-refractivity contribution in [1.82, 2.24) is 0 Å². The van der Waals surface area contributed by atoms with Crippen LogP contribution in [-0.4, -0.2) is 23.5 Å². The van der Waals surface area contributed by atoms with Crippen molar-refractivity contribution in [2.45, 2.75) is 0 Å². The van der Waals surface area contributed by atoms with Gasteiger partial charge >= 0.3 is 7.12 Å². The molecule has 0 aliphatic heterocycles. The van der Waals surface area contributed by atoms with E-state index in [0.717, 1.165) is 0 Å². The van der Waals surface area contributed by atoms with Crippen molar-refractivity contribution in [2.75, 3.05) is 0 Å². The number of rotatable bonds is 2. The van der Waals surface area contributed by atoms with Crippen LogP contribution in [0.1, 0.15) is 10.4 Å². The van der Waals surface area contributed by atoms with Gasteiger partial charge < -0.3 is 14.5 Å². The smallest absolute Gasteiger partial charge is 0.472 e. The fourth-order valence-corrected chi connectivity index (χ4v) is 0.638. The monoisotopic (exact) mass is 140 g/mol. The predicted molar refractivity (Wildman–Crippen MR) is 33.9 cm³/mol. The van der Waals surface area contributed by atoms with E-state index in [1.807, 2.05) is 0 Å². The van der Waals surface area contributed by atoms with Gasteiger partial charge in [-0.05, 0) is 6.07 Å². The van der Waals surface area contributed by atoms with Crippen LogP contribution in [0.3, 0.4) is 0 Å². The van der Waals surface area contributed by atoms with Gasteiger partial charge in [-0.25, -0.2) is 0 Å². The lowest BCUT2D eigenvalue weighted by molar-refractivity contribution is 0.112. The van der Waals surface area contributed by atoms with Crippen LogP contribution < -0.4 is 5.66 Å². The molecule has 0 radical (unpaired) electrons. The van der Waals surface area contributed by atoms with E-state index in [1.54, 1.807) is 0 Å². The summed E-state index contributed by atoms with van der Waals surface area (Å²) in [4.78, 5) is 10.1. The minimum absolute atomic E-state index is 0.116. The second kappa shape index (κ2) is 2.68. The highest BCUT2D eigenvalue weighted by atomic mass is 16.4. The Bertz CT molecular complexity index is 229. The first-order valence-corrected chi connectivity index (χ1v) is 2.64. The zero-order valence-electron chi connectivity index (χ0n) is 5.02. The van der Waals surface area contributed by atoms with E-state index in [1.165, 1.54) is 12.3 Å². The summed E-state index contributed by atoms with van der Waals surface area (Å²) < 4.78 is 4.59. The molecule has 10 heavy (non-hydrogen) atoms. The second-order valence-electron chi connectivity index (χ2n) is 1.73. The van der Waals surface area contributed by atoms with Crippen LogP contribution >= 0.6 is 0 Å². The summed E-state index contributed by atoms with van der Waals surface area (Å²) in [5, 5.41) is 17.1. The van der Waals surface area contributed by atoms with Gasteiger partial charge in [0.1, 0.15) is 5.66 Å². The molecule has 1 aromatic heterocycles. The lowest BCUT2D eigenvalue weighted by atomic mass is 9.85. The van der Waals surface area contributed by atoms with Crippen molar-refractivity contribution >= 4 is 19.1 Å². The van der Waals surface area contributed by atoms with Gasteiger partial charge in [0.05, 0.1) is 11.8 Å². The largest absolute Gasteiger partial charge is 0.527 e. The Balaban J connectivity index is 3.01. The van der Waals surface area contributed by atoms with E-state index in [0.29, 0.717) is 6.29 Å². The van der Waals surface area contributed by atoms with Gasteiger partial charge in [-0.15, -0.1) is 0 Å². The lowest BCUT2D eigenvalue weighted by Gasteiger charge is -1.91. The Labute approximate surface area is 57.2 Å². The first-order chi connectivity index (χ1) is 4.75. The van der Waals surface area contributed by atoms with E-state index >= 15 is 0 Å². The van der Waals surface area contributed by atoms with E-state index in [2.05, 4.69) is 4.42 Å². The Morgan fingerprint density at radius 1 is 1.60 bits per heavy atom. The third-order valence-electron chi connectivity index (χ3n) is 1.09. The molecule has 5 heteroatoms. The van der Waals surface area contributed by atoms with Crippen molar-refractivity contribution in [2.24, 2.45) is 0 Å². The van der Waals surface area contributed by atoms with Crippen molar-refractivity contribution in [3.63, 3.8) is 0 Å². The average molecular weight is 140 g/mol.